The van der Waals surface area contributed by atoms with Crippen molar-refractivity contribution in [3.8, 4) is 0 Å². The molecule has 7 heteroatoms. The Balaban J connectivity index is 2.14. The molecule has 0 radical (unpaired) electrons. The molecule has 2 amide bonds. The molecule has 1 unspecified atom stereocenters. The number of nitrogens with one attached hydrogen (secondary N) is 1. The van der Waals surface area contributed by atoms with Gasteiger partial charge < -0.3 is 15.5 Å². The molecule has 112 valence electrons. The molecular formula is C14H16N2O5. The summed E-state index contributed by atoms with van der Waals surface area (Å²) in [4.78, 5) is 35.3. The lowest BCUT2D eigenvalue weighted by Crippen LogP contribution is -2.42. The largest absolute Gasteiger partial charge is 0.478 e. The normalized spacial score (nSPS) is 17.6. The van der Waals surface area contributed by atoms with Gasteiger partial charge in [-0.3, -0.25) is 9.69 Å². The summed E-state index contributed by atoms with van der Waals surface area (Å²) in [6, 6.07) is 3.84. The number of benzene rings is 1. The lowest BCUT2D eigenvalue weighted by Gasteiger charge is -2.20. The van der Waals surface area contributed by atoms with Crippen LogP contribution in [0.15, 0.2) is 18.2 Å². The predicted molar refractivity (Wildman–Crippen MR) is 74.5 cm³/mol. The smallest absolute Gasteiger partial charge is 0.407 e. The van der Waals surface area contributed by atoms with E-state index in [9.17, 15) is 14.4 Å². The molecule has 1 atom stereocenters. The third-order valence-corrected chi connectivity index (χ3v) is 3.54. The number of nitrogens with zero attached hydrogens (tertiary/aromatic N) is 1. The van der Waals surface area contributed by atoms with Crippen molar-refractivity contribution in [1.29, 1.82) is 0 Å². The lowest BCUT2D eigenvalue weighted by atomic mass is 10.1. The van der Waals surface area contributed by atoms with Crippen molar-refractivity contribution in [2.24, 2.45) is 0 Å². The molecule has 0 bridgehead atoms. The van der Waals surface area contributed by atoms with Crippen molar-refractivity contribution in [3.05, 3.63) is 29.3 Å². The molecule has 7 nitrogen and oxygen atoms in total. The molecule has 0 aliphatic carbocycles. The maximum absolute atomic E-state index is 12.1. The van der Waals surface area contributed by atoms with Gasteiger partial charge in [-0.1, -0.05) is 6.07 Å². The van der Waals surface area contributed by atoms with Gasteiger partial charge in [-0.15, -0.1) is 0 Å². The van der Waals surface area contributed by atoms with Crippen LogP contribution in [0, 0.1) is 6.92 Å². The number of carbonyl (C=O) groups excluding carboxylic acids is 1. The van der Waals surface area contributed by atoms with Gasteiger partial charge >= 0.3 is 12.1 Å². The van der Waals surface area contributed by atoms with Crippen LogP contribution in [0.4, 0.5) is 10.5 Å². The van der Waals surface area contributed by atoms with Crippen LogP contribution >= 0.6 is 0 Å². The molecule has 2 rings (SSSR count). The number of carbonyl (C=O) groups is 3. The highest BCUT2D eigenvalue weighted by atomic mass is 16.4. The Labute approximate surface area is 121 Å². The van der Waals surface area contributed by atoms with Crippen molar-refractivity contribution >= 4 is 23.7 Å². The van der Waals surface area contributed by atoms with Crippen molar-refractivity contribution in [2.75, 3.05) is 11.9 Å². The molecule has 3 N–H and O–H groups in total. The van der Waals surface area contributed by atoms with E-state index < -0.39 is 24.0 Å². The zero-order valence-corrected chi connectivity index (χ0v) is 11.5. The molecule has 1 aromatic rings. The van der Waals surface area contributed by atoms with Crippen LogP contribution in [-0.4, -0.2) is 45.7 Å². The predicted octanol–water partition coefficient (Wildman–Crippen LogP) is 1.77. The minimum atomic E-state index is -1.12. The Morgan fingerprint density at radius 2 is 2.00 bits per heavy atom. The Bertz CT molecular complexity index is 599. The van der Waals surface area contributed by atoms with E-state index in [-0.39, 0.29) is 5.56 Å². The van der Waals surface area contributed by atoms with Crippen molar-refractivity contribution in [2.45, 2.75) is 25.8 Å². The second-order valence-electron chi connectivity index (χ2n) is 4.96. The summed E-state index contributed by atoms with van der Waals surface area (Å²) in [6.07, 6.45) is -0.0168. The maximum Gasteiger partial charge on any atom is 0.407 e. The fourth-order valence-electron chi connectivity index (χ4n) is 2.42. The summed E-state index contributed by atoms with van der Waals surface area (Å²) in [5, 5.41) is 20.7. The number of aryl methyl sites for hydroxylation is 1. The summed E-state index contributed by atoms with van der Waals surface area (Å²) in [7, 11) is 0. The highest BCUT2D eigenvalue weighted by molar-refractivity contribution is 5.98. The van der Waals surface area contributed by atoms with Crippen LogP contribution in [0.3, 0.4) is 0 Å². The lowest BCUT2D eigenvalue weighted by molar-refractivity contribution is -0.119. The van der Waals surface area contributed by atoms with E-state index in [0.29, 0.717) is 30.6 Å². The zero-order valence-electron chi connectivity index (χ0n) is 11.5. The molecule has 1 fully saturated rings. The molecule has 1 saturated heterocycles. The standard InChI is InChI=1S/C14H16N2O5/c1-8-4-5-9(7-10(8)13(18)19)15-12(17)11-3-2-6-16(11)14(20)21/h4-5,7,11H,2-3,6H2,1H3,(H,15,17)(H,18,19)(H,20,21). The van der Waals surface area contributed by atoms with Gasteiger partial charge in [0.2, 0.25) is 5.91 Å². The van der Waals surface area contributed by atoms with E-state index in [2.05, 4.69) is 5.32 Å². The molecule has 1 aliphatic heterocycles. The van der Waals surface area contributed by atoms with E-state index in [0.717, 1.165) is 4.90 Å². The highest BCUT2D eigenvalue weighted by Crippen LogP contribution is 2.20. The van der Waals surface area contributed by atoms with Gasteiger partial charge in [-0.05, 0) is 37.5 Å². The Morgan fingerprint density at radius 3 is 2.62 bits per heavy atom. The average Bonchev–Trinajstić information content (AvgIpc) is 2.90. The number of hydrogen-bond donors (Lipinski definition) is 3. The van der Waals surface area contributed by atoms with Crippen LogP contribution < -0.4 is 5.32 Å². The number of aromatic carboxylic acids is 1. The Morgan fingerprint density at radius 1 is 1.29 bits per heavy atom. The first kappa shape index (κ1) is 14.8. The van der Waals surface area contributed by atoms with E-state index in [4.69, 9.17) is 10.2 Å². The number of anilines is 1. The molecule has 1 aliphatic rings. The minimum absolute atomic E-state index is 0.106. The molecular weight excluding hydrogens is 276 g/mol. The average molecular weight is 292 g/mol. The van der Waals surface area contributed by atoms with E-state index in [1.807, 2.05) is 0 Å². The highest BCUT2D eigenvalue weighted by Gasteiger charge is 2.34. The van der Waals surface area contributed by atoms with Gasteiger partial charge in [0, 0.05) is 12.2 Å². The molecule has 0 saturated carbocycles. The third-order valence-electron chi connectivity index (χ3n) is 3.54. The van der Waals surface area contributed by atoms with Crippen molar-refractivity contribution < 1.29 is 24.6 Å². The number of amides is 2. The third kappa shape index (κ3) is 3.13. The van der Waals surface area contributed by atoms with Crippen molar-refractivity contribution in [3.63, 3.8) is 0 Å². The fourth-order valence-corrected chi connectivity index (χ4v) is 2.42. The van der Waals surface area contributed by atoms with E-state index in [1.54, 1.807) is 19.1 Å². The van der Waals surface area contributed by atoms with Crippen LogP contribution in [0.25, 0.3) is 0 Å². The van der Waals surface area contributed by atoms with Gasteiger partial charge in [0.15, 0.2) is 0 Å². The molecule has 1 aromatic carbocycles. The van der Waals surface area contributed by atoms with Gasteiger partial charge in [0.1, 0.15) is 6.04 Å². The first-order valence-corrected chi connectivity index (χ1v) is 6.54. The topological polar surface area (TPSA) is 107 Å². The van der Waals surface area contributed by atoms with E-state index >= 15 is 0 Å². The SMILES string of the molecule is Cc1ccc(NC(=O)C2CCCN2C(=O)O)cc1C(=O)O. The Kier molecular flexibility index (Phi) is 4.11. The van der Waals surface area contributed by atoms with E-state index in [1.165, 1.54) is 6.07 Å². The van der Waals surface area contributed by atoms with Gasteiger partial charge in [-0.25, -0.2) is 9.59 Å². The maximum atomic E-state index is 12.1. The summed E-state index contributed by atoms with van der Waals surface area (Å²) in [5.74, 6) is -1.51. The molecule has 0 spiro atoms. The number of carboxylic acid groups (broad SMARTS) is 2. The Hall–Kier alpha value is -2.57. The number of carboxylic acids is 1. The second-order valence-corrected chi connectivity index (χ2v) is 4.96. The number of hydrogen-bond acceptors (Lipinski definition) is 3. The second kappa shape index (κ2) is 5.82. The fraction of sp³-hybridized carbons (Fsp3) is 0.357. The summed E-state index contributed by atoms with van der Waals surface area (Å²) >= 11 is 0. The monoisotopic (exact) mass is 292 g/mol. The first-order valence-electron chi connectivity index (χ1n) is 6.54. The number of rotatable bonds is 3. The van der Waals surface area contributed by atoms with Crippen LogP contribution in [-0.2, 0) is 4.79 Å². The van der Waals surface area contributed by atoms with Crippen LogP contribution in [0.5, 0.6) is 0 Å². The van der Waals surface area contributed by atoms with Crippen LogP contribution in [0.2, 0.25) is 0 Å². The van der Waals surface area contributed by atoms with Gasteiger partial charge in [0.25, 0.3) is 0 Å². The quantitative estimate of drug-likeness (QED) is 0.787. The van der Waals surface area contributed by atoms with Crippen molar-refractivity contribution in [1.82, 2.24) is 4.90 Å². The summed E-state index contributed by atoms with van der Waals surface area (Å²) in [5.41, 5.74) is 1.04. The summed E-state index contributed by atoms with van der Waals surface area (Å²) in [6.45, 7) is 2.00. The number of likely N-dealkylation sites (tertiary alicyclic amines) is 1. The molecule has 1 heterocycles. The first-order chi connectivity index (χ1) is 9.90. The van der Waals surface area contributed by atoms with Crippen LogP contribution in [0.1, 0.15) is 28.8 Å². The molecule has 0 aromatic heterocycles. The molecule has 21 heavy (non-hydrogen) atoms. The zero-order chi connectivity index (χ0) is 15.6. The minimum Gasteiger partial charge on any atom is -0.478 e. The van der Waals surface area contributed by atoms with Gasteiger partial charge in [0.05, 0.1) is 5.56 Å². The summed E-state index contributed by atoms with van der Waals surface area (Å²) < 4.78 is 0. The van der Waals surface area contributed by atoms with Gasteiger partial charge in [-0.2, -0.15) is 0 Å².